The van der Waals surface area contributed by atoms with Crippen LogP contribution >= 0.6 is 11.6 Å². The third kappa shape index (κ3) is 3.61. The van der Waals surface area contributed by atoms with Gasteiger partial charge in [0.15, 0.2) is 5.84 Å². The first-order chi connectivity index (χ1) is 9.15. The van der Waals surface area contributed by atoms with Gasteiger partial charge >= 0.3 is 0 Å². The fourth-order valence-corrected chi connectivity index (χ4v) is 2.47. The summed E-state index contributed by atoms with van der Waals surface area (Å²) in [5, 5.41) is 12.3. The Morgan fingerprint density at radius 3 is 2.79 bits per heavy atom. The number of hydrogen-bond acceptors (Lipinski definition) is 3. The minimum atomic E-state index is 0.0843. The summed E-state index contributed by atoms with van der Waals surface area (Å²) in [6, 6.07) is 6.27. The van der Waals surface area contributed by atoms with Crippen LogP contribution in [0.1, 0.15) is 37.3 Å². The van der Waals surface area contributed by atoms with Crippen LogP contribution in [0, 0.1) is 0 Å². The molecule has 19 heavy (non-hydrogen) atoms. The lowest BCUT2D eigenvalue weighted by Crippen LogP contribution is -2.26. The molecular formula is C14H20ClN3O. The minimum Gasteiger partial charge on any atom is -0.409 e. The van der Waals surface area contributed by atoms with E-state index in [-0.39, 0.29) is 5.84 Å². The van der Waals surface area contributed by atoms with Crippen molar-refractivity contribution in [2.45, 2.75) is 38.8 Å². The first-order valence-electron chi connectivity index (χ1n) is 6.66. The van der Waals surface area contributed by atoms with Gasteiger partial charge in [-0.2, -0.15) is 0 Å². The molecule has 1 aliphatic carbocycles. The van der Waals surface area contributed by atoms with Crippen molar-refractivity contribution in [2.75, 3.05) is 6.54 Å². The predicted molar refractivity (Wildman–Crippen MR) is 77.7 cm³/mol. The third-order valence-corrected chi connectivity index (χ3v) is 3.76. The first-order valence-corrected chi connectivity index (χ1v) is 7.04. The second kappa shape index (κ2) is 6.26. The molecule has 1 fully saturated rings. The van der Waals surface area contributed by atoms with Crippen molar-refractivity contribution in [3.8, 4) is 0 Å². The molecule has 5 heteroatoms. The summed E-state index contributed by atoms with van der Waals surface area (Å²) in [5.41, 5.74) is 7.29. The van der Waals surface area contributed by atoms with Gasteiger partial charge in [-0.3, -0.25) is 4.90 Å². The molecule has 0 radical (unpaired) electrons. The number of halogens is 1. The molecule has 0 bridgehead atoms. The summed E-state index contributed by atoms with van der Waals surface area (Å²) in [7, 11) is 0. The fourth-order valence-electron chi connectivity index (χ4n) is 2.23. The average Bonchev–Trinajstić information content (AvgIpc) is 3.23. The second-order valence-corrected chi connectivity index (χ2v) is 5.40. The number of nitrogens with two attached hydrogens (primary N) is 1. The molecule has 0 unspecified atom stereocenters. The molecule has 1 aliphatic rings. The van der Waals surface area contributed by atoms with Crippen molar-refractivity contribution < 1.29 is 5.21 Å². The van der Waals surface area contributed by atoms with Crippen LogP contribution < -0.4 is 5.73 Å². The highest BCUT2D eigenvalue weighted by Gasteiger charge is 2.28. The van der Waals surface area contributed by atoms with Gasteiger partial charge in [0.25, 0.3) is 0 Å². The van der Waals surface area contributed by atoms with Crippen molar-refractivity contribution >= 4 is 17.4 Å². The SMILES string of the molecule is CCCN(Cc1ccc(/C(N)=N/O)cc1Cl)C1CC1. The van der Waals surface area contributed by atoms with Crippen LogP contribution in [-0.2, 0) is 6.54 Å². The van der Waals surface area contributed by atoms with E-state index in [0.717, 1.165) is 31.1 Å². The zero-order valence-electron chi connectivity index (χ0n) is 11.1. The summed E-state index contributed by atoms with van der Waals surface area (Å²) < 4.78 is 0. The molecule has 0 heterocycles. The van der Waals surface area contributed by atoms with Crippen LogP contribution in [0.25, 0.3) is 0 Å². The van der Waals surface area contributed by atoms with Gasteiger partial charge in [0.1, 0.15) is 0 Å². The van der Waals surface area contributed by atoms with E-state index in [4.69, 9.17) is 22.5 Å². The van der Waals surface area contributed by atoms with Crippen LogP contribution in [0.4, 0.5) is 0 Å². The highest BCUT2D eigenvalue weighted by molar-refractivity contribution is 6.31. The number of nitrogens with zero attached hydrogens (tertiary/aromatic N) is 2. The number of hydrogen-bond donors (Lipinski definition) is 2. The summed E-state index contributed by atoms with van der Waals surface area (Å²) >= 11 is 6.28. The summed E-state index contributed by atoms with van der Waals surface area (Å²) in [5.74, 6) is 0.0843. The number of rotatable bonds is 6. The molecule has 2 rings (SSSR count). The van der Waals surface area contributed by atoms with E-state index in [0.29, 0.717) is 10.6 Å². The van der Waals surface area contributed by atoms with Gasteiger partial charge in [-0.25, -0.2) is 0 Å². The van der Waals surface area contributed by atoms with E-state index in [9.17, 15) is 0 Å². The largest absolute Gasteiger partial charge is 0.409 e. The molecule has 0 saturated heterocycles. The molecular weight excluding hydrogens is 262 g/mol. The Labute approximate surface area is 118 Å². The highest BCUT2D eigenvalue weighted by atomic mass is 35.5. The minimum absolute atomic E-state index is 0.0843. The Morgan fingerprint density at radius 2 is 2.26 bits per heavy atom. The number of oxime groups is 1. The van der Waals surface area contributed by atoms with Crippen LogP contribution in [0.2, 0.25) is 5.02 Å². The van der Waals surface area contributed by atoms with E-state index >= 15 is 0 Å². The van der Waals surface area contributed by atoms with E-state index in [1.54, 1.807) is 6.07 Å². The van der Waals surface area contributed by atoms with Crippen LogP contribution in [0.3, 0.4) is 0 Å². The maximum Gasteiger partial charge on any atom is 0.170 e. The smallest absolute Gasteiger partial charge is 0.170 e. The molecule has 0 spiro atoms. The topological polar surface area (TPSA) is 61.8 Å². The van der Waals surface area contributed by atoms with E-state index in [1.807, 2.05) is 12.1 Å². The number of benzene rings is 1. The van der Waals surface area contributed by atoms with E-state index in [2.05, 4.69) is 17.0 Å². The van der Waals surface area contributed by atoms with Crippen molar-refractivity contribution in [1.29, 1.82) is 0 Å². The molecule has 4 nitrogen and oxygen atoms in total. The van der Waals surface area contributed by atoms with E-state index < -0.39 is 0 Å². The molecule has 1 saturated carbocycles. The summed E-state index contributed by atoms with van der Waals surface area (Å²) in [6.45, 7) is 4.16. The zero-order chi connectivity index (χ0) is 13.8. The van der Waals surface area contributed by atoms with E-state index in [1.165, 1.54) is 12.8 Å². The second-order valence-electron chi connectivity index (χ2n) is 4.99. The third-order valence-electron chi connectivity index (χ3n) is 3.40. The zero-order valence-corrected chi connectivity index (χ0v) is 11.9. The molecule has 104 valence electrons. The van der Waals surface area contributed by atoms with Crippen molar-refractivity contribution in [3.05, 3.63) is 34.3 Å². The summed E-state index contributed by atoms with van der Waals surface area (Å²) in [6.07, 6.45) is 3.73. The molecule has 0 aromatic heterocycles. The maximum atomic E-state index is 8.66. The standard InChI is InChI=1S/C14H20ClN3O/c1-2-7-18(12-5-6-12)9-11-4-3-10(8-13(11)15)14(16)17-19/h3-4,8,12,19H,2,5-7,9H2,1H3,(H2,16,17). The lowest BCUT2D eigenvalue weighted by atomic mass is 10.1. The Bertz CT molecular complexity index is 472. The van der Waals surface area contributed by atoms with Gasteiger partial charge in [0.05, 0.1) is 0 Å². The Hall–Kier alpha value is -1.26. The molecule has 0 atom stereocenters. The molecule has 0 amide bonds. The summed E-state index contributed by atoms with van der Waals surface area (Å²) in [4.78, 5) is 2.48. The fraction of sp³-hybridized carbons (Fsp3) is 0.500. The maximum absolute atomic E-state index is 8.66. The van der Waals surface area contributed by atoms with Gasteiger partial charge in [0, 0.05) is 23.2 Å². The lowest BCUT2D eigenvalue weighted by Gasteiger charge is -2.22. The van der Waals surface area contributed by atoms with Crippen LogP contribution in [0.15, 0.2) is 23.4 Å². The first kappa shape index (κ1) is 14.2. The number of amidine groups is 1. The average molecular weight is 282 g/mol. The van der Waals surface area contributed by atoms with Gasteiger partial charge in [0.2, 0.25) is 0 Å². The van der Waals surface area contributed by atoms with Gasteiger partial charge < -0.3 is 10.9 Å². The lowest BCUT2D eigenvalue weighted by molar-refractivity contribution is 0.255. The van der Waals surface area contributed by atoms with Crippen molar-refractivity contribution in [1.82, 2.24) is 4.90 Å². The molecule has 1 aromatic rings. The Morgan fingerprint density at radius 1 is 1.53 bits per heavy atom. The van der Waals surface area contributed by atoms with Crippen LogP contribution in [-0.4, -0.2) is 28.5 Å². The molecule has 3 N–H and O–H groups in total. The quantitative estimate of drug-likeness (QED) is 0.365. The monoisotopic (exact) mass is 281 g/mol. The molecule has 1 aromatic carbocycles. The van der Waals surface area contributed by atoms with Crippen LogP contribution in [0.5, 0.6) is 0 Å². The predicted octanol–water partition coefficient (Wildman–Crippen LogP) is 2.81. The normalized spacial score (nSPS) is 16.1. The Balaban J connectivity index is 2.11. The van der Waals surface area contributed by atoms with Gasteiger partial charge in [-0.1, -0.05) is 35.8 Å². The Kier molecular flexibility index (Phi) is 4.66. The van der Waals surface area contributed by atoms with Gasteiger partial charge in [-0.05, 0) is 37.4 Å². The highest BCUT2D eigenvalue weighted by Crippen LogP contribution is 2.30. The molecule has 0 aliphatic heterocycles. The van der Waals surface area contributed by atoms with Gasteiger partial charge in [-0.15, -0.1) is 0 Å². The van der Waals surface area contributed by atoms with Crippen molar-refractivity contribution in [2.24, 2.45) is 10.9 Å². The van der Waals surface area contributed by atoms with Crippen molar-refractivity contribution in [3.63, 3.8) is 0 Å².